The first-order valence-corrected chi connectivity index (χ1v) is 10.3. The van der Waals surface area contributed by atoms with E-state index in [1.54, 1.807) is 14.0 Å². The van der Waals surface area contributed by atoms with Gasteiger partial charge >= 0.3 is 0 Å². The molecule has 3 heteroatoms. The third-order valence-corrected chi connectivity index (χ3v) is 8.76. The van der Waals surface area contributed by atoms with Crippen molar-refractivity contribution in [1.29, 1.82) is 0 Å². The highest BCUT2D eigenvalue weighted by Gasteiger charge is 2.59. The van der Waals surface area contributed by atoms with Gasteiger partial charge in [0, 0.05) is 12.3 Å². The van der Waals surface area contributed by atoms with Gasteiger partial charge in [0.05, 0.1) is 12.9 Å². The monoisotopic (exact) mass is 356 g/mol. The number of ketones is 1. The Balaban J connectivity index is 1.76. The van der Waals surface area contributed by atoms with Gasteiger partial charge in [0.1, 0.15) is 12.1 Å². The van der Waals surface area contributed by atoms with E-state index in [0.717, 1.165) is 56.1 Å². The molecular weight excluding hydrogens is 324 g/mol. The summed E-state index contributed by atoms with van der Waals surface area (Å²) in [5.74, 6) is 3.35. The van der Waals surface area contributed by atoms with Gasteiger partial charge in [-0.1, -0.05) is 13.8 Å². The molecule has 3 nitrogen and oxygen atoms in total. The van der Waals surface area contributed by atoms with Gasteiger partial charge in [-0.3, -0.25) is 9.59 Å². The second-order valence-electron chi connectivity index (χ2n) is 9.66. The zero-order valence-electron chi connectivity index (χ0n) is 16.6. The Hall–Kier alpha value is -1.38. The van der Waals surface area contributed by atoms with Crippen molar-refractivity contribution >= 4 is 12.1 Å². The molecule has 6 atom stereocenters. The van der Waals surface area contributed by atoms with Crippen molar-refractivity contribution in [2.75, 3.05) is 7.11 Å². The summed E-state index contributed by atoms with van der Waals surface area (Å²) in [6.45, 7) is 6.52. The number of rotatable bonds is 3. The fraction of sp³-hybridized carbons (Fsp3) is 0.739. The molecule has 0 aromatic carbocycles. The summed E-state index contributed by atoms with van der Waals surface area (Å²) in [4.78, 5) is 24.2. The number of carbonyl (C=O) groups excluding carboxylic acids is 2. The highest BCUT2D eigenvalue weighted by Crippen LogP contribution is 2.66. The Kier molecular flexibility index (Phi) is 4.20. The number of fused-ring (bicyclic) bond motifs is 5. The van der Waals surface area contributed by atoms with Crippen molar-refractivity contribution in [3.63, 3.8) is 0 Å². The lowest BCUT2D eigenvalue weighted by Gasteiger charge is -2.57. The quantitative estimate of drug-likeness (QED) is 0.678. The van der Waals surface area contributed by atoms with Gasteiger partial charge in [-0.05, 0) is 91.3 Å². The molecular formula is C23H32O3. The zero-order valence-corrected chi connectivity index (χ0v) is 16.6. The number of ether oxygens (including phenoxy) is 1. The second kappa shape index (κ2) is 6.07. The molecule has 2 fully saturated rings. The number of allylic oxidation sites excluding steroid dienone is 4. The van der Waals surface area contributed by atoms with E-state index in [1.807, 2.05) is 0 Å². The van der Waals surface area contributed by atoms with E-state index < -0.39 is 0 Å². The molecule has 2 saturated carbocycles. The Morgan fingerprint density at radius 3 is 2.62 bits per heavy atom. The molecule has 0 aromatic rings. The third kappa shape index (κ3) is 2.31. The molecule has 0 radical (unpaired) electrons. The number of methoxy groups -OCH3 is 1. The molecule has 0 bridgehead atoms. The predicted molar refractivity (Wildman–Crippen MR) is 101 cm³/mol. The van der Waals surface area contributed by atoms with Crippen LogP contribution in [0.25, 0.3) is 0 Å². The van der Waals surface area contributed by atoms with Gasteiger partial charge in [0.15, 0.2) is 0 Å². The van der Waals surface area contributed by atoms with Crippen molar-refractivity contribution in [3.8, 4) is 0 Å². The maximum Gasteiger partial charge on any atom is 0.146 e. The number of Topliss-reactive ketones (excluding diaryl/α,β-unsaturated/α-hetero) is 1. The maximum atomic E-state index is 12.3. The summed E-state index contributed by atoms with van der Waals surface area (Å²) in [5.41, 5.74) is 2.44. The summed E-state index contributed by atoms with van der Waals surface area (Å²) >= 11 is 0. The van der Waals surface area contributed by atoms with Crippen molar-refractivity contribution in [2.45, 2.75) is 65.7 Å². The van der Waals surface area contributed by atoms with Crippen molar-refractivity contribution < 1.29 is 14.3 Å². The van der Waals surface area contributed by atoms with Crippen LogP contribution < -0.4 is 0 Å². The first-order chi connectivity index (χ1) is 12.3. The highest BCUT2D eigenvalue weighted by atomic mass is 16.5. The molecule has 4 aliphatic rings. The summed E-state index contributed by atoms with van der Waals surface area (Å²) in [7, 11) is 1.73. The van der Waals surface area contributed by atoms with Gasteiger partial charge in [0.2, 0.25) is 0 Å². The number of hydrogen-bond donors (Lipinski definition) is 0. The molecule has 142 valence electrons. The zero-order chi connectivity index (χ0) is 18.7. The second-order valence-corrected chi connectivity index (χ2v) is 9.66. The van der Waals surface area contributed by atoms with Crippen LogP contribution in [-0.4, -0.2) is 19.2 Å². The minimum absolute atomic E-state index is 0.0802. The van der Waals surface area contributed by atoms with Crippen molar-refractivity contribution in [1.82, 2.24) is 0 Å². The van der Waals surface area contributed by atoms with Crippen LogP contribution in [0.1, 0.15) is 65.7 Å². The van der Waals surface area contributed by atoms with Crippen LogP contribution in [0.3, 0.4) is 0 Å². The van der Waals surface area contributed by atoms with Crippen LogP contribution in [0, 0.1) is 34.5 Å². The molecule has 4 aliphatic carbocycles. The standard InChI is InChI=1S/C23H32O3/c1-14(25)18-5-6-19-17-11-15(13-24)21-12-16(26-4)7-9-23(21,3)20(17)8-10-22(18,19)2/h12-13,17-20H,5-11H2,1-4H3/t17-,18+,19-,20+,22+,23-/m0/s1. The van der Waals surface area contributed by atoms with Crippen LogP contribution in [0.4, 0.5) is 0 Å². The maximum absolute atomic E-state index is 12.3. The highest BCUT2D eigenvalue weighted by molar-refractivity contribution is 5.80. The summed E-state index contributed by atoms with van der Waals surface area (Å²) in [5, 5.41) is 0. The summed E-state index contributed by atoms with van der Waals surface area (Å²) in [6, 6.07) is 0. The van der Waals surface area contributed by atoms with Crippen molar-refractivity contribution in [2.24, 2.45) is 34.5 Å². The lowest BCUT2D eigenvalue weighted by Crippen LogP contribution is -2.50. The molecule has 0 aromatic heterocycles. The van der Waals surface area contributed by atoms with Crippen LogP contribution in [-0.2, 0) is 14.3 Å². The third-order valence-electron chi connectivity index (χ3n) is 8.76. The van der Waals surface area contributed by atoms with Gasteiger partial charge < -0.3 is 4.74 Å². The van der Waals surface area contributed by atoms with E-state index in [0.29, 0.717) is 23.5 Å². The van der Waals surface area contributed by atoms with Crippen LogP contribution >= 0.6 is 0 Å². The van der Waals surface area contributed by atoms with E-state index in [2.05, 4.69) is 19.9 Å². The SMILES string of the molecule is COC1=CC2=C(C=O)C[C@@H]3[C@@H](CC[C@]4(C)[C@@H](C(C)=O)CC[C@@H]34)[C@]2(C)CC1. The van der Waals surface area contributed by atoms with E-state index >= 15 is 0 Å². The fourth-order valence-electron chi connectivity index (χ4n) is 7.43. The largest absolute Gasteiger partial charge is 0.501 e. The smallest absolute Gasteiger partial charge is 0.146 e. The molecule has 0 saturated heterocycles. The van der Waals surface area contributed by atoms with Gasteiger partial charge in [-0.2, -0.15) is 0 Å². The molecule has 0 spiro atoms. The minimum Gasteiger partial charge on any atom is -0.501 e. The van der Waals surface area contributed by atoms with Gasteiger partial charge in [-0.15, -0.1) is 0 Å². The predicted octanol–water partition coefficient (Wildman–Crippen LogP) is 4.86. The molecule has 0 unspecified atom stereocenters. The average molecular weight is 357 g/mol. The first kappa shape index (κ1) is 18.0. The fourth-order valence-corrected chi connectivity index (χ4v) is 7.43. The minimum atomic E-state index is 0.0802. The van der Waals surface area contributed by atoms with Crippen molar-refractivity contribution in [3.05, 3.63) is 23.0 Å². The molecule has 0 amide bonds. The topological polar surface area (TPSA) is 43.4 Å². The Morgan fingerprint density at radius 2 is 1.96 bits per heavy atom. The average Bonchev–Trinajstić information content (AvgIpc) is 2.98. The van der Waals surface area contributed by atoms with E-state index in [1.165, 1.54) is 12.0 Å². The van der Waals surface area contributed by atoms with Crippen LogP contribution in [0.2, 0.25) is 0 Å². The Labute approximate surface area is 157 Å². The molecule has 26 heavy (non-hydrogen) atoms. The van der Waals surface area contributed by atoms with E-state index in [-0.39, 0.29) is 16.7 Å². The normalized spacial score (nSPS) is 44.5. The number of hydrogen-bond acceptors (Lipinski definition) is 3. The molecule has 0 aliphatic heterocycles. The Bertz CT molecular complexity index is 702. The van der Waals surface area contributed by atoms with Gasteiger partial charge in [0.25, 0.3) is 0 Å². The molecule has 0 N–H and O–H groups in total. The molecule has 4 rings (SSSR count). The number of carbonyl (C=O) groups is 2. The van der Waals surface area contributed by atoms with Crippen LogP contribution in [0.5, 0.6) is 0 Å². The lowest BCUT2D eigenvalue weighted by atomic mass is 9.47. The van der Waals surface area contributed by atoms with Crippen LogP contribution in [0.15, 0.2) is 23.0 Å². The Morgan fingerprint density at radius 1 is 1.19 bits per heavy atom. The summed E-state index contributed by atoms with van der Waals surface area (Å²) < 4.78 is 5.51. The first-order valence-electron chi connectivity index (χ1n) is 10.3. The molecule has 0 heterocycles. The van der Waals surface area contributed by atoms with E-state index in [4.69, 9.17) is 4.74 Å². The van der Waals surface area contributed by atoms with E-state index in [9.17, 15) is 9.59 Å². The van der Waals surface area contributed by atoms with Gasteiger partial charge in [-0.25, -0.2) is 0 Å². The number of aldehydes is 1. The lowest BCUT2D eigenvalue weighted by molar-refractivity contribution is -0.127. The summed E-state index contributed by atoms with van der Waals surface area (Å²) in [6.07, 6.45) is 10.7.